The van der Waals surface area contributed by atoms with Crippen LogP contribution in [-0.4, -0.2) is 42.4 Å². The summed E-state index contributed by atoms with van der Waals surface area (Å²) < 4.78 is 0. The Kier molecular flexibility index (Phi) is 8.06. The van der Waals surface area contributed by atoms with Crippen molar-refractivity contribution in [2.75, 3.05) is 19.6 Å². The molecule has 1 aliphatic rings. The monoisotopic (exact) mass is 339 g/mol. The molecule has 1 heterocycles. The minimum Gasteiger partial charge on any atom is -0.352 e. The van der Waals surface area contributed by atoms with Crippen LogP contribution in [0.1, 0.15) is 37.7 Å². The van der Waals surface area contributed by atoms with E-state index in [2.05, 4.69) is 5.32 Å². The SMILES string of the molecule is CCC(C(=O)N1CCC(NC(=O)CN)CC1)c1ccccc1.Cl. The molecule has 3 N–H and O–H groups in total. The number of halogens is 1. The van der Waals surface area contributed by atoms with Crippen molar-refractivity contribution in [3.05, 3.63) is 35.9 Å². The van der Waals surface area contributed by atoms with Crippen LogP contribution in [0.3, 0.4) is 0 Å². The van der Waals surface area contributed by atoms with Crippen molar-refractivity contribution in [2.24, 2.45) is 5.73 Å². The van der Waals surface area contributed by atoms with Gasteiger partial charge in [0.05, 0.1) is 12.5 Å². The molecule has 1 unspecified atom stereocenters. The first-order valence-corrected chi connectivity index (χ1v) is 7.98. The van der Waals surface area contributed by atoms with E-state index in [0.717, 1.165) is 24.8 Å². The molecule has 0 aliphatic carbocycles. The van der Waals surface area contributed by atoms with Crippen LogP contribution in [0, 0.1) is 0 Å². The lowest BCUT2D eigenvalue weighted by atomic mass is 9.93. The lowest BCUT2D eigenvalue weighted by Gasteiger charge is -2.34. The molecule has 0 aromatic heterocycles. The fraction of sp³-hybridized carbons (Fsp3) is 0.529. The zero-order valence-corrected chi connectivity index (χ0v) is 14.3. The van der Waals surface area contributed by atoms with E-state index in [-0.39, 0.29) is 42.7 Å². The summed E-state index contributed by atoms with van der Waals surface area (Å²) in [4.78, 5) is 26.0. The van der Waals surface area contributed by atoms with Crippen molar-refractivity contribution in [1.29, 1.82) is 0 Å². The van der Waals surface area contributed by atoms with E-state index < -0.39 is 0 Å². The molecule has 2 amide bonds. The number of benzene rings is 1. The number of carbonyl (C=O) groups excluding carboxylic acids is 2. The number of amides is 2. The van der Waals surface area contributed by atoms with Crippen LogP contribution in [0.5, 0.6) is 0 Å². The largest absolute Gasteiger partial charge is 0.352 e. The molecule has 0 radical (unpaired) electrons. The zero-order valence-electron chi connectivity index (χ0n) is 13.5. The number of nitrogens with one attached hydrogen (secondary N) is 1. The average molecular weight is 340 g/mol. The fourth-order valence-corrected chi connectivity index (χ4v) is 2.99. The Morgan fingerprint density at radius 2 is 1.87 bits per heavy atom. The Hall–Kier alpha value is -1.59. The molecule has 1 aromatic rings. The first-order valence-electron chi connectivity index (χ1n) is 7.98. The Balaban J connectivity index is 0.00000264. The Morgan fingerprint density at radius 3 is 2.39 bits per heavy atom. The van der Waals surface area contributed by atoms with Crippen LogP contribution in [0.2, 0.25) is 0 Å². The molecule has 23 heavy (non-hydrogen) atoms. The summed E-state index contributed by atoms with van der Waals surface area (Å²) in [6.45, 7) is 3.45. The van der Waals surface area contributed by atoms with Gasteiger partial charge in [-0.3, -0.25) is 9.59 Å². The van der Waals surface area contributed by atoms with Gasteiger partial charge in [0.2, 0.25) is 11.8 Å². The van der Waals surface area contributed by atoms with Crippen LogP contribution < -0.4 is 11.1 Å². The standard InChI is InChI=1S/C17H25N3O2.ClH/c1-2-15(13-6-4-3-5-7-13)17(22)20-10-8-14(9-11-20)19-16(21)12-18;/h3-7,14-15H,2,8-12,18H2,1H3,(H,19,21);1H. The van der Waals surface area contributed by atoms with Crippen LogP contribution >= 0.6 is 12.4 Å². The summed E-state index contributed by atoms with van der Waals surface area (Å²) >= 11 is 0. The van der Waals surface area contributed by atoms with Crippen molar-refractivity contribution in [3.8, 4) is 0 Å². The van der Waals surface area contributed by atoms with E-state index in [4.69, 9.17) is 5.73 Å². The first kappa shape index (κ1) is 19.5. The molecule has 2 rings (SSSR count). The third kappa shape index (κ3) is 5.22. The number of hydrogen-bond acceptors (Lipinski definition) is 3. The maximum Gasteiger partial charge on any atom is 0.233 e. The van der Waals surface area contributed by atoms with E-state index in [0.29, 0.717) is 13.1 Å². The highest BCUT2D eigenvalue weighted by atomic mass is 35.5. The molecular formula is C17H26ClN3O2. The minimum atomic E-state index is -0.125. The molecule has 128 valence electrons. The summed E-state index contributed by atoms with van der Waals surface area (Å²) in [5, 5.41) is 2.90. The minimum absolute atomic E-state index is 0. The number of rotatable bonds is 5. The van der Waals surface area contributed by atoms with Gasteiger partial charge in [-0.1, -0.05) is 37.3 Å². The van der Waals surface area contributed by atoms with E-state index in [1.165, 1.54) is 0 Å². The maximum absolute atomic E-state index is 12.7. The summed E-state index contributed by atoms with van der Waals surface area (Å²) in [5.41, 5.74) is 6.39. The lowest BCUT2D eigenvalue weighted by Crippen LogP contribution is -2.48. The second-order valence-corrected chi connectivity index (χ2v) is 5.74. The van der Waals surface area contributed by atoms with Gasteiger partial charge in [0, 0.05) is 19.1 Å². The molecule has 6 heteroatoms. The van der Waals surface area contributed by atoms with Gasteiger partial charge in [0.15, 0.2) is 0 Å². The number of likely N-dealkylation sites (tertiary alicyclic amines) is 1. The van der Waals surface area contributed by atoms with Crippen LogP contribution in [-0.2, 0) is 9.59 Å². The highest BCUT2D eigenvalue weighted by Gasteiger charge is 2.28. The van der Waals surface area contributed by atoms with Gasteiger partial charge in [-0.05, 0) is 24.8 Å². The predicted octanol–water partition coefficient (Wildman–Crippen LogP) is 1.67. The van der Waals surface area contributed by atoms with Crippen molar-refractivity contribution in [3.63, 3.8) is 0 Å². The number of hydrogen-bond donors (Lipinski definition) is 2. The molecule has 0 spiro atoms. The molecule has 1 saturated heterocycles. The van der Waals surface area contributed by atoms with Gasteiger partial charge in [-0.25, -0.2) is 0 Å². The Bertz CT molecular complexity index is 502. The topological polar surface area (TPSA) is 75.4 Å². The van der Waals surface area contributed by atoms with E-state index in [1.54, 1.807) is 0 Å². The highest BCUT2D eigenvalue weighted by Crippen LogP contribution is 2.24. The normalized spacial score (nSPS) is 16.3. The van der Waals surface area contributed by atoms with Gasteiger partial charge >= 0.3 is 0 Å². The predicted molar refractivity (Wildman–Crippen MR) is 93.5 cm³/mol. The number of piperidine rings is 1. The highest BCUT2D eigenvalue weighted by molar-refractivity contribution is 5.85. The summed E-state index contributed by atoms with van der Waals surface area (Å²) in [6, 6.07) is 10.1. The van der Waals surface area contributed by atoms with E-state index >= 15 is 0 Å². The number of nitrogens with zero attached hydrogens (tertiary/aromatic N) is 1. The summed E-state index contributed by atoms with van der Waals surface area (Å²) in [7, 11) is 0. The van der Waals surface area contributed by atoms with Gasteiger partial charge in [0.25, 0.3) is 0 Å². The second kappa shape index (κ2) is 9.53. The molecule has 1 atom stereocenters. The third-order valence-electron chi connectivity index (χ3n) is 4.27. The zero-order chi connectivity index (χ0) is 15.9. The summed E-state index contributed by atoms with van der Waals surface area (Å²) in [5.74, 6) is -0.00539. The van der Waals surface area contributed by atoms with Gasteiger partial charge < -0.3 is 16.0 Å². The van der Waals surface area contributed by atoms with Crippen LogP contribution in [0.15, 0.2) is 30.3 Å². The first-order chi connectivity index (χ1) is 10.7. The fourth-order valence-electron chi connectivity index (χ4n) is 2.99. The quantitative estimate of drug-likeness (QED) is 0.856. The van der Waals surface area contributed by atoms with Crippen molar-refractivity contribution in [2.45, 2.75) is 38.1 Å². The molecular weight excluding hydrogens is 314 g/mol. The molecule has 1 fully saturated rings. The van der Waals surface area contributed by atoms with Crippen LogP contribution in [0.25, 0.3) is 0 Å². The van der Waals surface area contributed by atoms with Crippen molar-refractivity contribution >= 4 is 24.2 Å². The molecule has 0 bridgehead atoms. The van der Waals surface area contributed by atoms with E-state index in [1.807, 2.05) is 42.2 Å². The van der Waals surface area contributed by atoms with Gasteiger partial charge in [-0.15, -0.1) is 12.4 Å². The van der Waals surface area contributed by atoms with Gasteiger partial charge in [-0.2, -0.15) is 0 Å². The van der Waals surface area contributed by atoms with Crippen LogP contribution in [0.4, 0.5) is 0 Å². The average Bonchev–Trinajstić information content (AvgIpc) is 2.57. The Morgan fingerprint density at radius 1 is 1.26 bits per heavy atom. The maximum atomic E-state index is 12.7. The number of carbonyl (C=O) groups is 2. The second-order valence-electron chi connectivity index (χ2n) is 5.74. The Labute approximate surface area is 144 Å². The molecule has 5 nitrogen and oxygen atoms in total. The van der Waals surface area contributed by atoms with E-state index in [9.17, 15) is 9.59 Å². The third-order valence-corrected chi connectivity index (χ3v) is 4.27. The summed E-state index contributed by atoms with van der Waals surface area (Å²) in [6.07, 6.45) is 2.39. The van der Waals surface area contributed by atoms with Gasteiger partial charge in [0.1, 0.15) is 0 Å². The van der Waals surface area contributed by atoms with Crippen molar-refractivity contribution in [1.82, 2.24) is 10.2 Å². The lowest BCUT2D eigenvalue weighted by molar-refractivity contribution is -0.134. The molecule has 1 aromatic carbocycles. The molecule has 0 saturated carbocycles. The smallest absolute Gasteiger partial charge is 0.233 e. The van der Waals surface area contributed by atoms with Crippen molar-refractivity contribution < 1.29 is 9.59 Å². The molecule has 1 aliphatic heterocycles. The number of nitrogens with two attached hydrogens (primary N) is 1.